The number of fused-ring (bicyclic) bond motifs is 3. The van der Waals surface area contributed by atoms with E-state index >= 15 is 0 Å². The van der Waals surface area contributed by atoms with E-state index in [-0.39, 0.29) is 5.56 Å². The van der Waals surface area contributed by atoms with Gasteiger partial charge in [0.2, 0.25) is 0 Å². The second-order valence-corrected chi connectivity index (χ2v) is 4.68. The third kappa shape index (κ3) is 1.53. The van der Waals surface area contributed by atoms with Crippen LogP contribution in [0, 0.1) is 11.3 Å². The van der Waals surface area contributed by atoms with E-state index in [0.29, 0.717) is 16.6 Å². The van der Waals surface area contributed by atoms with Crippen molar-refractivity contribution < 1.29 is 0 Å². The SMILES string of the molecule is N#Cc1c2n(c3c(=O)[nH]cnc13)CCCCCC2. The van der Waals surface area contributed by atoms with Crippen molar-refractivity contribution in [1.82, 2.24) is 14.5 Å². The van der Waals surface area contributed by atoms with E-state index in [9.17, 15) is 10.1 Å². The molecular weight excluding hydrogens is 228 g/mol. The summed E-state index contributed by atoms with van der Waals surface area (Å²) in [7, 11) is 0. The number of H-pyrrole nitrogens is 1. The highest BCUT2D eigenvalue weighted by molar-refractivity contribution is 5.83. The monoisotopic (exact) mass is 242 g/mol. The summed E-state index contributed by atoms with van der Waals surface area (Å²) in [6.45, 7) is 0.808. The van der Waals surface area contributed by atoms with Crippen LogP contribution < -0.4 is 5.56 Å². The molecule has 3 rings (SSSR count). The lowest BCUT2D eigenvalue weighted by Gasteiger charge is -2.13. The maximum absolute atomic E-state index is 12.0. The second kappa shape index (κ2) is 4.30. The molecular formula is C13H14N4O. The Morgan fingerprint density at radius 2 is 2.17 bits per heavy atom. The number of aromatic amines is 1. The summed E-state index contributed by atoms with van der Waals surface area (Å²) in [5, 5.41) is 9.32. The molecule has 0 aliphatic carbocycles. The summed E-state index contributed by atoms with van der Waals surface area (Å²) >= 11 is 0. The zero-order chi connectivity index (χ0) is 12.5. The van der Waals surface area contributed by atoms with Gasteiger partial charge in [0.1, 0.15) is 17.1 Å². The first kappa shape index (κ1) is 11.0. The van der Waals surface area contributed by atoms with Crippen molar-refractivity contribution in [2.45, 2.75) is 38.6 Å². The summed E-state index contributed by atoms with van der Waals surface area (Å²) in [4.78, 5) is 18.7. The molecule has 0 bridgehead atoms. The summed E-state index contributed by atoms with van der Waals surface area (Å²) in [5.41, 5.74) is 2.53. The summed E-state index contributed by atoms with van der Waals surface area (Å²) in [5.74, 6) is 0. The van der Waals surface area contributed by atoms with Crippen LogP contribution in [-0.4, -0.2) is 14.5 Å². The van der Waals surface area contributed by atoms with Crippen LogP contribution in [0.25, 0.3) is 11.0 Å². The molecule has 0 atom stereocenters. The molecule has 0 spiro atoms. The average molecular weight is 242 g/mol. The number of nitrogens with zero attached hydrogens (tertiary/aromatic N) is 3. The van der Waals surface area contributed by atoms with Gasteiger partial charge in [0.25, 0.3) is 5.56 Å². The molecule has 0 unspecified atom stereocenters. The quantitative estimate of drug-likeness (QED) is 0.764. The minimum Gasteiger partial charge on any atom is -0.337 e. The Bertz CT molecular complexity index is 689. The molecule has 92 valence electrons. The van der Waals surface area contributed by atoms with Gasteiger partial charge in [-0.1, -0.05) is 12.8 Å². The van der Waals surface area contributed by atoms with Crippen molar-refractivity contribution in [3.63, 3.8) is 0 Å². The predicted octanol–water partition coefficient (Wildman–Crippen LogP) is 1.71. The number of aromatic nitrogens is 3. The Hall–Kier alpha value is -2.09. The third-order valence-corrected chi connectivity index (χ3v) is 3.61. The predicted molar refractivity (Wildman–Crippen MR) is 67.2 cm³/mol. The number of hydrogen-bond acceptors (Lipinski definition) is 3. The lowest BCUT2D eigenvalue weighted by atomic mass is 10.1. The van der Waals surface area contributed by atoms with Crippen LogP contribution >= 0.6 is 0 Å². The highest BCUT2D eigenvalue weighted by Crippen LogP contribution is 2.25. The Balaban J connectivity index is 2.38. The number of nitrogens with one attached hydrogen (secondary N) is 1. The van der Waals surface area contributed by atoms with Gasteiger partial charge in [-0.3, -0.25) is 4.79 Å². The van der Waals surface area contributed by atoms with Crippen LogP contribution in [-0.2, 0) is 13.0 Å². The number of rotatable bonds is 0. The molecule has 2 aromatic rings. The lowest BCUT2D eigenvalue weighted by molar-refractivity contribution is 0.530. The largest absolute Gasteiger partial charge is 0.337 e. The van der Waals surface area contributed by atoms with E-state index in [0.717, 1.165) is 31.5 Å². The fourth-order valence-corrected chi connectivity index (χ4v) is 2.77. The van der Waals surface area contributed by atoms with Gasteiger partial charge < -0.3 is 9.55 Å². The highest BCUT2D eigenvalue weighted by atomic mass is 16.1. The molecule has 1 aliphatic rings. The molecule has 2 aromatic heterocycles. The van der Waals surface area contributed by atoms with Gasteiger partial charge in [0, 0.05) is 12.2 Å². The normalized spacial score (nSPS) is 15.7. The molecule has 1 N–H and O–H groups in total. The van der Waals surface area contributed by atoms with Crippen LogP contribution in [0.2, 0.25) is 0 Å². The Morgan fingerprint density at radius 1 is 1.33 bits per heavy atom. The molecule has 0 saturated carbocycles. The Labute approximate surface area is 104 Å². The van der Waals surface area contributed by atoms with E-state index in [1.807, 2.05) is 4.57 Å². The molecule has 3 heterocycles. The maximum atomic E-state index is 12.0. The second-order valence-electron chi connectivity index (χ2n) is 4.68. The first-order valence-corrected chi connectivity index (χ1v) is 6.32. The zero-order valence-corrected chi connectivity index (χ0v) is 10.1. The lowest BCUT2D eigenvalue weighted by Crippen LogP contribution is -2.14. The van der Waals surface area contributed by atoms with Gasteiger partial charge in [0.15, 0.2) is 0 Å². The van der Waals surface area contributed by atoms with Crippen molar-refractivity contribution in [1.29, 1.82) is 5.26 Å². The minimum absolute atomic E-state index is 0.150. The van der Waals surface area contributed by atoms with E-state index in [1.54, 1.807) is 0 Å². The van der Waals surface area contributed by atoms with Crippen LogP contribution in [0.5, 0.6) is 0 Å². The van der Waals surface area contributed by atoms with Crippen molar-refractivity contribution in [2.75, 3.05) is 0 Å². The molecule has 0 amide bonds. The van der Waals surface area contributed by atoms with Gasteiger partial charge in [-0.15, -0.1) is 0 Å². The minimum atomic E-state index is -0.150. The summed E-state index contributed by atoms with van der Waals surface area (Å²) < 4.78 is 2.00. The maximum Gasteiger partial charge on any atom is 0.275 e. The number of nitriles is 1. The molecule has 5 heteroatoms. The molecule has 0 aromatic carbocycles. The Kier molecular flexibility index (Phi) is 2.63. The van der Waals surface area contributed by atoms with E-state index in [2.05, 4.69) is 16.0 Å². The van der Waals surface area contributed by atoms with Crippen molar-refractivity contribution >= 4 is 11.0 Å². The first-order chi connectivity index (χ1) is 8.83. The zero-order valence-electron chi connectivity index (χ0n) is 10.1. The van der Waals surface area contributed by atoms with Crippen molar-refractivity contribution in [2.24, 2.45) is 0 Å². The van der Waals surface area contributed by atoms with Crippen LogP contribution in [0.4, 0.5) is 0 Å². The standard InChI is InChI=1S/C13H14N4O/c14-7-9-10-5-3-1-2-4-6-17(10)12-11(9)15-8-16-13(12)18/h8H,1-6H2,(H,15,16,18). The summed E-state index contributed by atoms with van der Waals surface area (Å²) in [6, 6.07) is 2.22. The molecule has 18 heavy (non-hydrogen) atoms. The highest BCUT2D eigenvalue weighted by Gasteiger charge is 2.20. The molecule has 5 nitrogen and oxygen atoms in total. The van der Waals surface area contributed by atoms with Gasteiger partial charge in [-0.2, -0.15) is 5.26 Å². The molecule has 1 aliphatic heterocycles. The Morgan fingerprint density at radius 3 is 3.00 bits per heavy atom. The third-order valence-electron chi connectivity index (χ3n) is 3.61. The fraction of sp³-hybridized carbons (Fsp3) is 0.462. The van der Waals surface area contributed by atoms with Crippen molar-refractivity contribution in [3.8, 4) is 6.07 Å². The van der Waals surface area contributed by atoms with Gasteiger partial charge >= 0.3 is 0 Å². The molecule has 0 saturated heterocycles. The van der Waals surface area contributed by atoms with Crippen LogP contribution in [0.15, 0.2) is 11.1 Å². The van der Waals surface area contributed by atoms with E-state index in [1.165, 1.54) is 19.2 Å². The first-order valence-electron chi connectivity index (χ1n) is 6.32. The smallest absolute Gasteiger partial charge is 0.275 e. The molecule has 0 fully saturated rings. The van der Waals surface area contributed by atoms with E-state index in [4.69, 9.17) is 0 Å². The van der Waals surface area contributed by atoms with Crippen LogP contribution in [0.1, 0.15) is 36.9 Å². The average Bonchev–Trinajstić information content (AvgIpc) is 2.63. The summed E-state index contributed by atoms with van der Waals surface area (Å²) in [6.07, 6.45) is 6.73. The van der Waals surface area contributed by atoms with Crippen LogP contribution in [0.3, 0.4) is 0 Å². The fourth-order valence-electron chi connectivity index (χ4n) is 2.77. The van der Waals surface area contributed by atoms with Gasteiger partial charge in [-0.25, -0.2) is 4.98 Å². The number of aryl methyl sites for hydroxylation is 1. The van der Waals surface area contributed by atoms with Gasteiger partial charge in [-0.05, 0) is 19.3 Å². The topological polar surface area (TPSA) is 74.5 Å². The van der Waals surface area contributed by atoms with Crippen molar-refractivity contribution in [3.05, 3.63) is 27.9 Å². The number of hydrogen-bond donors (Lipinski definition) is 1. The molecule has 0 radical (unpaired) electrons. The van der Waals surface area contributed by atoms with Gasteiger partial charge in [0.05, 0.1) is 11.9 Å². The van der Waals surface area contributed by atoms with E-state index < -0.39 is 0 Å².